The zero-order valence-corrected chi connectivity index (χ0v) is 15.2. The quantitative estimate of drug-likeness (QED) is 0.737. The number of hydrogen-bond donors (Lipinski definition) is 1. The second-order valence-electron chi connectivity index (χ2n) is 4.83. The van der Waals surface area contributed by atoms with Crippen LogP contribution in [0.5, 0.6) is 5.75 Å². The molecule has 2 aromatic rings. The van der Waals surface area contributed by atoms with E-state index in [0.717, 1.165) is 10.0 Å². The van der Waals surface area contributed by atoms with Crippen molar-refractivity contribution in [1.82, 2.24) is 5.32 Å². The summed E-state index contributed by atoms with van der Waals surface area (Å²) in [6, 6.07) is 12.1. The lowest BCUT2D eigenvalue weighted by atomic mass is 10.2. The van der Waals surface area contributed by atoms with Crippen molar-refractivity contribution in [2.24, 2.45) is 0 Å². The van der Waals surface area contributed by atoms with Gasteiger partial charge < -0.3 is 14.8 Å². The maximum absolute atomic E-state index is 12.1. The van der Waals surface area contributed by atoms with E-state index in [1.54, 1.807) is 12.1 Å². The van der Waals surface area contributed by atoms with E-state index in [1.807, 2.05) is 24.3 Å². The van der Waals surface area contributed by atoms with E-state index in [0.29, 0.717) is 17.3 Å². The predicted molar refractivity (Wildman–Crippen MR) is 94.3 cm³/mol. The summed E-state index contributed by atoms with van der Waals surface area (Å²) >= 11 is 9.22. The van der Waals surface area contributed by atoms with Crippen LogP contribution in [-0.4, -0.2) is 25.6 Å². The Morgan fingerprint density at radius 2 is 2.00 bits per heavy atom. The third kappa shape index (κ3) is 5.25. The monoisotopic (exact) mass is 411 g/mol. The third-order valence-electron chi connectivity index (χ3n) is 3.09. The van der Waals surface area contributed by atoms with Gasteiger partial charge in [0.05, 0.1) is 7.11 Å². The van der Waals surface area contributed by atoms with Crippen LogP contribution in [0.2, 0.25) is 5.02 Å². The fourth-order valence-electron chi connectivity index (χ4n) is 1.95. The summed E-state index contributed by atoms with van der Waals surface area (Å²) in [5.74, 6) is -0.741. The molecule has 0 aliphatic rings. The van der Waals surface area contributed by atoms with Gasteiger partial charge in [0.1, 0.15) is 11.3 Å². The van der Waals surface area contributed by atoms with Crippen LogP contribution in [0.4, 0.5) is 0 Å². The number of carbonyl (C=O) groups is 2. The van der Waals surface area contributed by atoms with Gasteiger partial charge in [-0.3, -0.25) is 4.79 Å². The van der Waals surface area contributed by atoms with Crippen molar-refractivity contribution < 1.29 is 19.1 Å². The summed E-state index contributed by atoms with van der Waals surface area (Å²) in [4.78, 5) is 23.9. The molecular weight excluding hydrogens is 398 g/mol. The molecule has 126 valence electrons. The molecule has 7 heteroatoms. The average Bonchev–Trinajstić information content (AvgIpc) is 2.58. The Bertz CT molecular complexity index is 751. The number of amides is 1. The van der Waals surface area contributed by atoms with Crippen LogP contribution < -0.4 is 10.1 Å². The lowest BCUT2D eigenvalue weighted by Crippen LogP contribution is -2.28. The number of halogens is 2. The van der Waals surface area contributed by atoms with Crippen molar-refractivity contribution in [3.8, 4) is 5.75 Å². The number of rotatable bonds is 6. The van der Waals surface area contributed by atoms with Gasteiger partial charge in [0.2, 0.25) is 0 Å². The van der Waals surface area contributed by atoms with Crippen molar-refractivity contribution in [2.75, 3.05) is 13.7 Å². The highest BCUT2D eigenvalue weighted by atomic mass is 79.9. The summed E-state index contributed by atoms with van der Waals surface area (Å²) in [6.07, 6.45) is 0. The fraction of sp³-hybridized carbons (Fsp3) is 0.176. The maximum Gasteiger partial charge on any atom is 0.342 e. The molecule has 0 aromatic heterocycles. The van der Waals surface area contributed by atoms with E-state index < -0.39 is 11.9 Å². The molecule has 2 aromatic carbocycles. The van der Waals surface area contributed by atoms with Gasteiger partial charge in [0.25, 0.3) is 5.91 Å². The minimum atomic E-state index is -0.674. The van der Waals surface area contributed by atoms with E-state index in [1.165, 1.54) is 13.2 Å². The minimum Gasteiger partial charge on any atom is -0.496 e. The molecule has 0 aliphatic heterocycles. The number of benzene rings is 2. The largest absolute Gasteiger partial charge is 0.496 e. The van der Waals surface area contributed by atoms with E-state index in [2.05, 4.69) is 21.2 Å². The van der Waals surface area contributed by atoms with Gasteiger partial charge >= 0.3 is 5.97 Å². The van der Waals surface area contributed by atoms with Crippen LogP contribution in [0.3, 0.4) is 0 Å². The number of methoxy groups -OCH3 is 1. The molecule has 0 fully saturated rings. The standard InChI is InChI=1S/C17H15BrClNO4/c1-23-15-6-5-13(19)8-14(15)17(22)24-10-16(21)20-9-11-3-2-4-12(18)7-11/h2-8H,9-10H2,1H3,(H,20,21). The normalized spacial score (nSPS) is 10.1. The Kier molecular flexibility index (Phi) is 6.63. The fourth-order valence-corrected chi connectivity index (χ4v) is 2.57. The summed E-state index contributed by atoms with van der Waals surface area (Å²) < 4.78 is 11.0. The first-order valence-electron chi connectivity index (χ1n) is 7.01. The summed E-state index contributed by atoms with van der Waals surface area (Å²) in [7, 11) is 1.44. The third-order valence-corrected chi connectivity index (χ3v) is 3.82. The Labute approximate surface area is 153 Å². The highest BCUT2D eigenvalue weighted by molar-refractivity contribution is 9.10. The van der Waals surface area contributed by atoms with Gasteiger partial charge in [0, 0.05) is 16.0 Å². The molecule has 1 N–H and O–H groups in total. The molecular formula is C17H15BrClNO4. The molecule has 1 amide bonds. The number of carbonyl (C=O) groups excluding carboxylic acids is 2. The summed E-state index contributed by atoms with van der Waals surface area (Å²) in [5.41, 5.74) is 1.10. The van der Waals surface area contributed by atoms with Crippen LogP contribution in [0, 0.1) is 0 Å². The molecule has 0 bridgehead atoms. The highest BCUT2D eigenvalue weighted by Crippen LogP contribution is 2.23. The topological polar surface area (TPSA) is 64.6 Å². The van der Waals surface area contributed by atoms with Gasteiger partial charge in [-0.25, -0.2) is 4.79 Å². The second-order valence-corrected chi connectivity index (χ2v) is 6.18. The molecule has 0 spiro atoms. The van der Waals surface area contributed by atoms with Crippen molar-refractivity contribution >= 4 is 39.4 Å². The smallest absolute Gasteiger partial charge is 0.342 e. The molecule has 0 atom stereocenters. The summed E-state index contributed by atoms with van der Waals surface area (Å²) in [5, 5.41) is 3.06. The predicted octanol–water partition coefficient (Wildman–Crippen LogP) is 3.58. The van der Waals surface area contributed by atoms with Crippen LogP contribution in [-0.2, 0) is 16.1 Å². The zero-order chi connectivity index (χ0) is 17.5. The lowest BCUT2D eigenvalue weighted by Gasteiger charge is -2.09. The van der Waals surface area contributed by atoms with Crippen LogP contribution in [0.25, 0.3) is 0 Å². The van der Waals surface area contributed by atoms with E-state index in [4.69, 9.17) is 21.1 Å². The number of nitrogens with one attached hydrogen (secondary N) is 1. The van der Waals surface area contributed by atoms with Gasteiger partial charge in [0.15, 0.2) is 6.61 Å². The van der Waals surface area contributed by atoms with Crippen molar-refractivity contribution in [3.05, 3.63) is 63.1 Å². The molecule has 0 saturated carbocycles. The number of hydrogen-bond acceptors (Lipinski definition) is 4. The maximum atomic E-state index is 12.1. The molecule has 24 heavy (non-hydrogen) atoms. The zero-order valence-electron chi connectivity index (χ0n) is 12.8. The van der Waals surface area contributed by atoms with Crippen molar-refractivity contribution in [2.45, 2.75) is 6.54 Å². The Morgan fingerprint density at radius 1 is 1.21 bits per heavy atom. The number of ether oxygens (including phenoxy) is 2. The Morgan fingerprint density at radius 3 is 2.71 bits per heavy atom. The lowest BCUT2D eigenvalue weighted by molar-refractivity contribution is -0.124. The van der Waals surface area contributed by atoms with Crippen LogP contribution in [0.1, 0.15) is 15.9 Å². The van der Waals surface area contributed by atoms with Crippen molar-refractivity contribution in [1.29, 1.82) is 0 Å². The minimum absolute atomic E-state index is 0.171. The first-order chi connectivity index (χ1) is 11.5. The molecule has 0 aliphatic carbocycles. The van der Waals surface area contributed by atoms with Crippen molar-refractivity contribution in [3.63, 3.8) is 0 Å². The Hall–Kier alpha value is -2.05. The first kappa shape index (κ1) is 18.3. The van der Waals surface area contributed by atoms with E-state index in [-0.39, 0.29) is 12.2 Å². The molecule has 0 saturated heterocycles. The van der Waals surface area contributed by atoms with Crippen LogP contribution >= 0.6 is 27.5 Å². The SMILES string of the molecule is COc1ccc(Cl)cc1C(=O)OCC(=O)NCc1cccc(Br)c1. The molecule has 0 unspecified atom stereocenters. The van der Waals surface area contributed by atoms with Gasteiger partial charge in [-0.15, -0.1) is 0 Å². The Balaban J connectivity index is 1.87. The van der Waals surface area contributed by atoms with Gasteiger partial charge in [-0.05, 0) is 35.9 Å². The molecule has 5 nitrogen and oxygen atoms in total. The average molecular weight is 413 g/mol. The van der Waals surface area contributed by atoms with Gasteiger partial charge in [-0.1, -0.05) is 39.7 Å². The van der Waals surface area contributed by atoms with Crippen LogP contribution in [0.15, 0.2) is 46.9 Å². The highest BCUT2D eigenvalue weighted by Gasteiger charge is 2.16. The van der Waals surface area contributed by atoms with E-state index >= 15 is 0 Å². The number of esters is 1. The summed E-state index contributed by atoms with van der Waals surface area (Å²) in [6.45, 7) is -0.0428. The van der Waals surface area contributed by atoms with E-state index in [9.17, 15) is 9.59 Å². The second kappa shape index (κ2) is 8.70. The molecule has 2 rings (SSSR count). The van der Waals surface area contributed by atoms with Gasteiger partial charge in [-0.2, -0.15) is 0 Å². The first-order valence-corrected chi connectivity index (χ1v) is 8.18. The molecule has 0 heterocycles. The molecule has 0 radical (unpaired) electrons.